The van der Waals surface area contributed by atoms with Crippen molar-refractivity contribution in [1.82, 2.24) is 5.32 Å². The Bertz CT molecular complexity index is 246. The normalized spacial score (nSPS) is 10.3. The fourth-order valence-electron chi connectivity index (χ4n) is 1.28. The number of nitrogens with two attached hydrogens (primary N) is 1. The Morgan fingerprint density at radius 1 is 1.38 bits per heavy atom. The maximum atomic E-state index is 5.39. The summed E-state index contributed by atoms with van der Waals surface area (Å²) in [5.41, 5.74) is 8.05. The van der Waals surface area contributed by atoms with Gasteiger partial charge in [0.1, 0.15) is 0 Å². The molecule has 0 heterocycles. The maximum Gasteiger partial charge on any atom is 0.0205 e. The predicted octanol–water partition coefficient (Wildman–Crippen LogP) is 1.43. The molecule has 0 fully saturated rings. The monoisotopic (exact) mass is 178 g/mol. The topological polar surface area (TPSA) is 38.0 Å². The Kier molecular flexibility index (Phi) is 4.50. The first-order valence-electron chi connectivity index (χ1n) is 4.79. The van der Waals surface area contributed by atoms with Crippen LogP contribution >= 0.6 is 0 Å². The lowest BCUT2D eigenvalue weighted by Gasteiger charge is -2.04. The van der Waals surface area contributed by atoms with E-state index in [0.29, 0.717) is 0 Å². The summed E-state index contributed by atoms with van der Waals surface area (Å²) in [7, 11) is 0. The fourth-order valence-corrected chi connectivity index (χ4v) is 1.28. The molecular weight excluding hydrogens is 160 g/mol. The minimum atomic E-state index is 0.765. The van der Waals surface area contributed by atoms with E-state index in [1.807, 2.05) is 0 Å². The number of hydrogen-bond acceptors (Lipinski definition) is 2. The van der Waals surface area contributed by atoms with Crippen molar-refractivity contribution in [2.24, 2.45) is 5.73 Å². The lowest BCUT2D eigenvalue weighted by Crippen LogP contribution is -2.17. The third-order valence-corrected chi connectivity index (χ3v) is 1.97. The summed E-state index contributed by atoms with van der Waals surface area (Å²) < 4.78 is 0. The zero-order valence-corrected chi connectivity index (χ0v) is 8.22. The molecule has 13 heavy (non-hydrogen) atoms. The first kappa shape index (κ1) is 10.2. The van der Waals surface area contributed by atoms with E-state index >= 15 is 0 Å². The van der Waals surface area contributed by atoms with Gasteiger partial charge in [0.15, 0.2) is 0 Å². The second-order valence-corrected chi connectivity index (χ2v) is 3.31. The summed E-state index contributed by atoms with van der Waals surface area (Å²) in [6.45, 7) is 4.83. The molecule has 2 heteroatoms. The van der Waals surface area contributed by atoms with Gasteiger partial charge in [0.2, 0.25) is 0 Å². The minimum Gasteiger partial charge on any atom is -0.330 e. The van der Waals surface area contributed by atoms with Gasteiger partial charge in [0, 0.05) is 6.54 Å². The molecule has 0 aliphatic rings. The molecule has 1 aromatic rings. The predicted molar refractivity (Wildman–Crippen MR) is 56.6 cm³/mol. The zero-order valence-electron chi connectivity index (χ0n) is 8.22. The highest BCUT2D eigenvalue weighted by Crippen LogP contribution is 2.02. The zero-order chi connectivity index (χ0) is 9.52. The molecule has 0 aliphatic carbocycles. The number of aryl methyl sites for hydroxylation is 1. The highest BCUT2D eigenvalue weighted by atomic mass is 14.8. The smallest absolute Gasteiger partial charge is 0.0205 e. The Balaban J connectivity index is 2.28. The minimum absolute atomic E-state index is 0.765. The lowest BCUT2D eigenvalue weighted by molar-refractivity contribution is 0.655. The Hall–Kier alpha value is -0.860. The van der Waals surface area contributed by atoms with E-state index in [2.05, 4.69) is 36.5 Å². The Morgan fingerprint density at radius 2 is 2.23 bits per heavy atom. The Labute approximate surface area is 80.1 Å². The molecule has 0 bridgehead atoms. The summed E-state index contributed by atoms with van der Waals surface area (Å²) in [4.78, 5) is 0. The highest BCUT2D eigenvalue weighted by molar-refractivity contribution is 5.21. The molecule has 0 spiro atoms. The van der Waals surface area contributed by atoms with E-state index in [-0.39, 0.29) is 0 Å². The molecule has 3 N–H and O–H groups in total. The first-order valence-corrected chi connectivity index (χ1v) is 4.79. The molecule has 0 unspecified atom stereocenters. The van der Waals surface area contributed by atoms with E-state index in [1.54, 1.807) is 0 Å². The van der Waals surface area contributed by atoms with Gasteiger partial charge in [-0.3, -0.25) is 0 Å². The number of rotatable bonds is 5. The van der Waals surface area contributed by atoms with Crippen molar-refractivity contribution >= 4 is 0 Å². The highest BCUT2D eigenvalue weighted by Gasteiger charge is 1.91. The average molecular weight is 178 g/mol. The van der Waals surface area contributed by atoms with Crippen molar-refractivity contribution in [2.75, 3.05) is 13.1 Å². The van der Waals surface area contributed by atoms with E-state index in [1.165, 1.54) is 11.1 Å². The van der Waals surface area contributed by atoms with Gasteiger partial charge in [-0.25, -0.2) is 0 Å². The summed E-state index contributed by atoms with van der Waals surface area (Å²) in [5.74, 6) is 0. The number of hydrogen-bond donors (Lipinski definition) is 2. The van der Waals surface area contributed by atoms with Crippen LogP contribution in [0, 0.1) is 6.92 Å². The van der Waals surface area contributed by atoms with Crippen molar-refractivity contribution in [2.45, 2.75) is 19.9 Å². The van der Waals surface area contributed by atoms with Gasteiger partial charge in [0.05, 0.1) is 0 Å². The lowest BCUT2D eigenvalue weighted by atomic mass is 10.1. The average Bonchev–Trinajstić information content (AvgIpc) is 2.13. The van der Waals surface area contributed by atoms with E-state index < -0.39 is 0 Å². The van der Waals surface area contributed by atoms with Crippen LogP contribution in [0.5, 0.6) is 0 Å². The SMILES string of the molecule is Cc1cccc(CNCCCN)c1. The summed E-state index contributed by atoms with van der Waals surface area (Å²) in [5, 5.41) is 3.35. The molecule has 1 rings (SSSR count). The number of benzene rings is 1. The van der Waals surface area contributed by atoms with Crippen LogP contribution in [0.3, 0.4) is 0 Å². The molecule has 0 atom stereocenters. The largest absolute Gasteiger partial charge is 0.330 e. The van der Waals surface area contributed by atoms with Gasteiger partial charge < -0.3 is 11.1 Å². The quantitative estimate of drug-likeness (QED) is 0.669. The van der Waals surface area contributed by atoms with Gasteiger partial charge in [-0.15, -0.1) is 0 Å². The third kappa shape index (κ3) is 4.06. The molecule has 0 amide bonds. The van der Waals surface area contributed by atoms with Crippen molar-refractivity contribution in [1.29, 1.82) is 0 Å². The van der Waals surface area contributed by atoms with Crippen molar-refractivity contribution < 1.29 is 0 Å². The summed E-state index contributed by atoms with van der Waals surface area (Å²) in [6, 6.07) is 8.55. The molecular formula is C11H18N2. The van der Waals surface area contributed by atoms with Crippen molar-refractivity contribution in [3.63, 3.8) is 0 Å². The van der Waals surface area contributed by atoms with E-state index in [9.17, 15) is 0 Å². The summed E-state index contributed by atoms with van der Waals surface area (Å²) in [6.07, 6.45) is 1.05. The molecule has 2 nitrogen and oxygen atoms in total. The van der Waals surface area contributed by atoms with Gasteiger partial charge in [0.25, 0.3) is 0 Å². The van der Waals surface area contributed by atoms with Gasteiger partial charge >= 0.3 is 0 Å². The molecule has 0 aromatic heterocycles. The van der Waals surface area contributed by atoms with Crippen LogP contribution in [0.25, 0.3) is 0 Å². The van der Waals surface area contributed by atoms with Gasteiger partial charge in [-0.05, 0) is 32.0 Å². The molecule has 0 aliphatic heterocycles. The summed E-state index contributed by atoms with van der Waals surface area (Å²) >= 11 is 0. The molecule has 0 saturated heterocycles. The number of nitrogens with one attached hydrogen (secondary N) is 1. The molecule has 1 aromatic carbocycles. The van der Waals surface area contributed by atoms with Crippen LogP contribution in [0.15, 0.2) is 24.3 Å². The second kappa shape index (κ2) is 5.73. The van der Waals surface area contributed by atoms with Crippen LogP contribution < -0.4 is 11.1 Å². The second-order valence-electron chi connectivity index (χ2n) is 3.31. The van der Waals surface area contributed by atoms with E-state index in [0.717, 1.165) is 26.1 Å². The molecule has 72 valence electrons. The molecule has 0 saturated carbocycles. The van der Waals surface area contributed by atoms with E-state index in [4.69, 9.17) is 5.73 Å². The van der Waals surface area contributed by atoms with Crippen LogP contribution in [-0.4, -0.2) is 13.1 Å². The van der Waals surface area contributed by atoms with Crippen molar-refractivity contribution in [3.05, 3.63) is 35.4 Å². The first-order chi connectivity index (χ1) is 6.33. The Morgan fingerprint density at radius 3 is 2.92 bits per heavy atom. The van der Waals surface area contributed by atoms with Crippen LogP contribution in [-0.2, 0) is 6.54 Å². The van der Waals surface area contributed by atoms with Crippen LogP contribution in [0.1, 0.15) is 17.5 Å². The van der Waals surface area contributed by atoms with Crippen LogP contribution in [0.2, 0.25) is 0 Å². The standard InChI is InChI=1S/C11H18N2/c1-10-4-2-5-11(8-10)9-13-7-3-6-12/h2,4-5,8,13H,3,6-7,9,12H2,1H3. The van der Waals surface area contributed by atoms with Gasteiger partial charge in [-0.2, -0.15) is 0 Å². The maximum absolute atomic E-state index is 5.39. The van der Waals surface area contributed by atoms with Gasteiger partial charge in [-0.1, -0.05) is 29.8 Å². The van der Waals surface area contributed by atoms with Crippen molar-refractivity contribution in [3.8, 4) is 0 Å². The fraction of sp³-hybridized carbons (Fsp3) is 0.455. The third-order valence-electron chi connectivity index (χ3n) is 1.97. The van der Waals surface area contributed by atoms with Crippen LogP contribution in [0.4, 0.5) is 0 Å². The molecule has 0 radical (unpaired) electrons.